The number of carboxylic acid groups (broad SMARTS) is 1. The molecule has 1 unspecified atom stereocenters. The topological polar surface area (TPSA) is 112 Å². The minimum Gasteiger partial charge on any atom is -0.496 e. The lowest BCUT2D eigenvalue weighted by Gasteiger charge is -2.25. The van der Waals surface area contributed by atoms with Crippen LogP contribution in [-0.2, 0) is 6.42 Å². The van der Waals surface area contributed by atoms with Crippen molar-refractivity contribution in [2.45, 2.75) is 45.4 Å². The Morgan fingerprint density at radius 3 is 2.54 bits per heavy atom. The predicted octanol–water partition coefficient (Wildman–Crippen LogP) is 4.20. The van der Waals surface area contributed by atoms with Gasteiger partial charge in [0.1, 0.15) is 23.4 Å². The summed E-state index contributed by atoms with van der Waals surface area (Å²) in [5, 5.41) is 30.0. The Balaban J connectivity index is 1.91. The van der Waals surface area contributed by atoms with E-state index in [4.69, 9.17) is 16.3 Å². The van der Waals surface area contributed by atoms with Gasteiger partial charge in [-0.3, -0.25) is 4.79 Å². The third-order valence-corrected chi connectivity index (χ3v) is 7.28. The highest BCUT2D eigenvalue weighted by Crippen LogP contribution is 2.34. The molecule has 2 atom stereocenters. The first-order chi connectivity index (χ1) is 17.6. The maximum Gasteiger partial charge on any atom is 0.341 e. The summed E-state index contributed by atoms with van der Waals surface area (Å²) in [5.41, 5.74) is 0.572. The average Bonchev–Trinajstić information content (AvgIpc) is 3.28. The molecule has 2 aromatic carbocycles. The van der Waals surface area contributed by atoms with Gasteiger partial charge < -0.3 is 29.5 Å². The Kier molecular flexibility index (Phi) is 7.77. The highest BCUT2D eigenvalue weighted by Gasteiger charge is 2.26. The summed E-state index contributed by atoms with van der Waals surface area (Å²) in [5.74, 6) is -1.71. The number of hydrogen-bond acceptors (Lipinski definition) is 6. The summed E-state index contributed by atoms with van der Waals surface area (Å²) in [4.78, 5) is 26.8. The van der Waals surface area contributed by atoms with Crippen molar-refractivity contribution in [2.75, 3.05) is 25.2 Å². The fourth-order valence-corrected chi connectivity index (χ4v) is 5.21. The normalized spacial score (nSPS) is 16.5. The van der Waals surface area contributed by atoms with Crippen LogP contribution in [0, 0.1) is 11.7 Å². The monoisotopic (exact) mass is 532 g/mol. The Morgan fingerprint density at radius 2 is 1.97 bits per heavy atom. The fraction of sp³-hybridized carbons (Fsp3) is 0.407. The lowest BCUT2D eigenvalue weighted by Crippen LogP contribution is -2.28. The van der Waals surface area contributed by atoms with E-state index in [9.17, 15) is 24.9 Å². The van der Waals surface area contributed by atoms with Crippen molar-refractivity contribution in [1.82, 2.24) is 4.57 Å². The molecule has 0 spiro atoms. The summed E-state index contributed by atoms with van der Waals surface area (Å²) in [6.45, 7) is 4.11. The first kappa shape index (κ1) is 26.9. The first-order valence-electron chi connectivity index (χ1n) is 12.1. The smallest absolute Gasteiger partial charge is 0.341 e. The number of benzene rings is 2. The number of aliphatic hydroxyl groups is 2. The molecule has 1 aliphatic heterocycles. The van der Waals surface area contributed by atoms with Crippen LogP contribution in [0.4, 0.5) is 10.1 Å². The van der Waals surface area contributed by atoms with E-state index in [1.165, 1.54) is 25.4 Å². The molecule has 3 aromatic rings. The zero-order valence-electron chi connectivity index (χ0n) is 20.9. The first-order valence-corrected chi connectivity index (χ1v) is 12.5. The zero-order valence-corrected chi connectivity index (χ0v) is 21.6. The molecule has 10 heteroatoms. The molecule has 8 nitrogen and oxygen atoms in total. The molecule has 0 saturated carbocycles. The van der Waals surface area contributed by atoms with E-state index in [2.05, 4.69) is 0 Å². The van der Waals surface area contributed by atoms with Gasteiger partial charge >= 0.3 is 5.97 Å². The number of anilines is 1. The number of fused-ring (bicyclic) bond motifs is 1. The van der Waals surface area contributed by atoms with E-state index in [0.717, 1.165) is 6.42 Å². The lowest BCUT2D eigenvalue weighted by atomic mass is 9.98. The van der Waals surface area contributed by atoms with E-state index in [1.54, 1.807) is 21.6 Å². The van der Waals surface area contributed by atoms with Crippen LogP contribution in [0.1, 0.15) is 54.2 Å². The highest BCUT2D eigenvalue weighted by molar-refractivity contribution is 6.31. The largest absolute Gasteiger partial charge is 0.496 e. The van der Waals surface area contributed by atoms with Crippen molar-refractivity contribution in [2.24, 2.45) is 5.92 Å². The zero-order chi connectivity index (χ0) is 27.0. The van der Waals surface area contributed by atoms with E-state index in [-0.39, 0.29) is 34.9 Å². The number of halogens is 2. The van der Waals surface area contributed by atoms with Gasteiger partial charge in [0.15, 0.2) is 0 Å². The van der Waals surface area contributed by atoms with Gasteiger partial charge in [-0.25, -0.2) is 9.18 Å². The SMILES string of the molecule is COc1cc2c(cc1Cc1cc(N3CCCC3O)cc(Cl)c1F)c(=O)c(C(=O)O)cn2[C@H](CO)C(C)C. The van der Waals surface area contributed by atoms with Gasteiger partial charge in [0.25, 0.3) is 0 Å². The standard InChI is InChI=1S/C27H30ClFN2O6/c1-14(2)22(13-32)31-12-19(27(35)36)26(34)18-9-15(23(37-3)11-21(18)31)7-16-8-17(10-20(28)25(16)29)30-6-4-5-24(30)33/h8-12,14,22,24,32-33H,4-7,13H2,1-3H3,(H,35,36)/t22-,24?/m1/s1. The molecule has 1 aromatic heterocycles. The molecule has 1 saturated heterocycles. The van der Waals surface area contributed by atoms with Crippen molar-refractivity contribution in [1.29, 1.82) is 0 Å². The third kappa shape index (κ3) is 5.03. The number of aromatic carboxylic acids is 1. The minimum atomic E-state index is -1.38. The Bertz CT molecular complexity index is 1410. The highest BCUT2D eigenvalue weighted by atomic mass is 35.5. The van der Waals surface area contributed by atoms with Crippen LogP contribution in [-0.4, -0.2) is 52.3 Å². The maximum atomic E-state index is 15.1. The van der Waals surface area contributed by atoms with Gasteiger partial charge in [-0.2, -0.15) is 0 Å². The molecule has 0 bridgehead atoms. The van der Waals surface area contributed by atoms with Crippen LogP contribution in [0.25, 0.3) is 10.9 Å². The number of nitrogens with zero attached hydrogens (tertiary/aromatic N) is 2. The molecule has 37 heavy (non-hydrogen) atoms. The van der Waals surface area contributed by atoms with Crippen LogP contribution in [0.5, 0.6) is 5.75 Å². The number of aliphatic hydroxyl groups excluding tert-OH is 2. The summed E-state index contributed by atoms with van der Waals surface area (Å²) in [6, 6.07) is 5.73. The molecular formula is C27H30ClFN2O6. The number of carboxylic acids is 1. The van der Waals surface area contributed by atoms with E-state index in [1.807, 2.05) is 13.8 Å². The molecule has 0 aliphatic carbocycles. The second kappa shape index (κ2) is 10.7. The van der Waals surface area contributed by atoms with Gasteiger partial charge in [0.05, 0.1) is 30.3 Å². The van der Waals surface area contributed by atoms with Gasteiger partial charge in [-0.1, -0.05) is 25.4 Å². The molecule has 0 radical (unpaired) electrons. The van der Waals surface area contributed by atoms with Gasteiger partial charge in [-0.15, -0.1) is 0 Å². The number of hydrogen-bond donors (Lipinski definition) is 3. The molecule has 2 heterocycles. The number of pyridine rings is 1. The maximum absolute atomic E-state index is 15.1. The number of methoxy groups -OCH3 is 1. The van der Waals surface area contributed by atoms with Crippen molar-refractivity contribution in [3.63, 3.8) is 0 Å². The Hall–Kier alpha value is -3.14. The number of aromatic nitrogens is 1. The van der Waals surface area contributed by atoms with E-state index >= 15 is 4.39 Å². The molecule has 0 amide bonds. The summed E-state index contributed by atoms with van der Waals surface area (Å²) in [7, 11) is 1.45. The van der Waals surface area contributed by atoms with Crippen LogP contribution in [0.3, 0.4) is 0 Å². The second-order valence-electron chi connectivity index (χ2n) is 9.65. The average molecular weight is 533 g/mol. The molecule has 1 fully saturated rings. The van der Waals surface area contributed by atoms with Crippen LogP contribution >= 0.6 is 11.6 Å². The number of carbonyl (C=O) groups is 1. The van der Waals surface area contributed by atoms with Crippen molar-refractivity contribution in [3.8, 4) is 5.75 Å². The molecular weight excluding hydrogens is 503 g/mol. The van der Waals surface area contributed by atoms with Gasteiger partial charge in [0.2, 0.25) is 5.43 Å². The summed E-state index contributed by atoms with van der Waals surface area (Å²) >= 11 is 6.21. The van der Waals surface area contributed by atoms with Crippen molar-refractivity contribution >= 4 is 34.2 Å². The summed E-state index contributed by atoms with van der Waals surface area (Å²) in [6.07, 6.45) is 1.97. The van der Waals surface area contributed by atoms with Gasteiger partial charge in [-0.05, 0) is 48.1 Å². The van der Waals surface area contributed by atoms with Crippen LogP contribution < -0.4 is 15.1 Å². The Labute approximate surface area is 218 Å². The number of ether oxygens (including phenoxy) is 1. The predicted molar refractivity (Wildman–Crippen MR) is 139 cm³/mol. The second-order valence-corrected chi connectivity index (χ2v) is 10.1. The van der Waals surface area contributed by atoms with Crippen LogP contribution in [0.15, 0.2) is 35.3 Å². The van der Waals surface area contributed by atoms with E-state index in [0.29, 0.717) is 35.5 Å². The van der Waals surface area contributed by atoms with Crippen LogP contribution in [0.2, 0.25) is 5.02 Å². The molecule has 1 aliphatic rings. The lowest BCUT2D eigenvalue weighted by molar-refractivity contribution is 0.0694. The number of rotatable bonds is 8. The fourth-order valence-electron chi connectivity index (χ4n) is 4.98. The van der Waals surface area contributed by atoms with Crippen molar-refractivity contribution in [3.05, 3.63) is 68.2 Å². The molecule has 4 rings (SSSR count). The van der Waals surface area contributed by atoms with Gasteiger partial charge in [0, 0.05) is 36.3 Å². The molecule has 198 valence electrons. The molecule has 3 N–H and O–H groups in total. The quantitative estimate of drug-likeness (QED) is 0.398. The van der Waals surface area contributed by atoms with E-state index < -0.39 is 35.0 Å². The van der Waals surface area contributed by atoms with Crippen molar-refractivity contribution < 1.29 is 29.2 Å². The third-order valence-electron chi connectivity index (χ3n) is 7.00. The summed E-state index contributed by atoms with van der Waals surface area (Å²) < 4.78 is 22.3. The minimum absolute atomic E-state index is 0.00674. The Morgan fingerprint density at radius 1 is 1.24 bits per heavy atom.